The van der Waals surface area contributed by atoms with Crippen LogP contribution in [0.2, 0.25) is 0 Å². The minimum Gasteiger partial charge on any atom is -0.481 e. The number of benzene rings is 1. The summed E-state index contributed by atoms with van der Waals surface area (Å²) in [4.78, 5) is 35.8. The lowest BCUT2D eigenvalue weighted by Gasteiger charge is -2.27. The maximum Gasteiger partial charge on any atom is 0.321 e. The van der Waals surface area contributed by atoms with Crippen molar-refractivity contribution in [1.29, 1.82) is 0 Å². The van der Waals surface area contributed by atoms with E-state index in [2.05, 4.69) is 10.6 Å². The van der Waals surface area contributed by atoms with Crippen molar-refractivity contribution in [3.8, 4) is 0 Å². The zero-order valence-corrected chi connectivity index (χ0v) is 12.9. The molecule has 0 bridgehead atoms. The van der Waals surface area contributed by atoms with E-state index < -0.39 is 5.97 Å². The first kappa shape index (κ1) is 16.8. The number of carbonyl (C=O) groups is 3. The average Bonchev–Trinajstić information content (AvgIpc) is 2.52. The van der Waals surface area contributed by atoms with E-state index in [-0.39, 0.29) is 24.8 Å². The van der Waals surface area contributed by atoms with E-state index in [1.165, 1.54) is 0 Å². The molecule has 1 saturated heterocycles. The van der Waals surface area contributed by atoms with Crippen molar-refractivity contribution in [3.05, 3.63) is 24.3 Å². The second-order valence-corrected chi connectivity index (χ2v) is 5.44. The lowest BCUT2D eigenvalue weighted by molar-refractivity contribution is -0.137. The van der Waals surface area contributed by atoms with Crippen LogP contribution in [0.4, 0.5) is 16.2 Å². The molecule has 7 nitrogen and oxygen atoms in total. The van der Waals surface area contributed by atoms with Crippen LogP contribution in [0.5, 0.6) is 0 Å². The number of hydrogen-bond acceptors (Lipinski definition) is 3. The average molecular weight is 319 g/mol. The number of carboxylic acid groups (broad SMARTS) is 1. The molecule has 0 aromatic heterocycles. The van der Waals surface area contributed by atoms with Gasteiger partial charge in [0.05, 0.1) is 0 Å². The SMILES string of the molecule is O=C(O)CCCCC(=O)Nc1cccc(N2CCCNC2=O)c1. The number of carboxylic acids is 1. The predicted octanol–water partition coefficient (Wildman–Crippen LogP) is 2.19. The Hall–Kier alpha value is -2.57. The standard InChI is InChI=1S/C16H21N3O4/c20-14(7-1-2-8-15(21)22)18-12-5-3-6-13(11-12)19-10-4-9-17-16(19)23/h3,5-6,11H,1-2,4,7-10H2,(H,17,23)(H,18,20)(H,21,22). The monoisotopic (exact) mass is 319 g/mol. The van der Waals surface area contributed by atoms with Gasteiger partial charge in [0.1, 0.15) is 0 Å². The summed E-state index contributed by atoms with van der Waals surface area (Å²) in [6.45, 7) is 1.33. The van der Waals surface area contributed by atoms with Gasteiger partial charge in [0, 0.05) is 37.3 Å². The van der Waals surface area contributed by atoms with E-state index >= 15 is 0 Å². The van der Waals surface area contributed by atoms with Gasteiger partial charge in [0.2, 0.25) is 5.91 Å². The highest BCUT2D eigenvalue weighted by Crippen LogP contribution is 2.21. The molecule has 3 N–H and O–H groups in total. The topological polar surface area (TPSA) is 98.7 Å². The van der Waals surface area contributed by atoms with Gasteiger partial charge in [-0.25, -0.2) is 4.79 Å². The molecule has 2 rings (SSSR count). The van der Waals surface area contributed by atoms with Gasteiger partial charge < -0.3 is 15.7 Å². The summed E-state index contributed by atoms with van der Waals surface area (Å²) in [6, 6.07) is 7.01. The summed E-state index contributed by atoms with van der Waals surface area (Å²) in [5.74, 6) is -1.01. The predicted molar refractivity (Wildman–Crippen MR) is 86.5 cm³/mol. The zero-order chi connectivity index (χ0) is 16.7. The molecule has 7 heteroatoms. The molecule has 1 aromatic rings. The number of nitrogens with one attached hydrogen (secondary N) is 2. The number of unbranched alkanes of at least 4 members (excludes halogenated alkanes) is 1. The first-order valence-electron chi connectivity index (χ1n) is 7.73. The molecule has 1 aromatic carbocycles. The van der Waals surface area contributed by atoms with Crippen LogP contribution in [0, 0.1) is 0 Å². The maximum absolute atomic E-state index is 11.9. The van der Waals surface area contributed by atoms with Crippen LogP contribution in [0.15, 0.2) is 24.3 Å². The van der Waals surface area contributed by atoms with Crippen LogP contribution in [-0.4, -0.2) is 36.1 Å². The fourth-order valence-corrected chi connectivity index (χ4v) is 2.41. The first-order chi connectivity index (χ1) is 11.1. The van der Waals surface area contributed by atoms with Gasteiger partial charge in [-0.05, 0) is 37.5 Å². The first-order valence-corrected chi connectivity index (χ1v) is 7.73. The Morgan fingerprint density at radius 3 is 2.78 bits per heavy atom. The Balaban J connectivity index is 1.88. The smallest absolute Gasteiger partial charge is 0.321 e. The Kier molecular flexibility index (Phi) is 5.96. The lowest BCUT2D eigenvalue weighted by atomic mass is 10.2. The molecule has 23 heavy (non-hydrogen) atoms. The fourth-order valence-electron chi connectivity index (χ4n) is 2.41. The summed E-state index contributed by atoms with van der Waals surface area (Å²) >= 11 is 0. The molecular formula is C16H21N3O4. The summed E-state index contributed by atoms with van der Waals surface area (Å²) in [5, 5.41) is 14.1. The fraction of sp³-hybridized carbons (Fsp3) is 0.438. The molecule has 1 aliphatic heterocycles. The summed E-state index contributed by atoms with van der Waals surface area (Å²) < 4.78 is 0. The highest BCUT2D eigenvalue weighted by atomic mass is 16.4. The van der Waals surface area contributed by atoms with Crippen LogP contribution in [0.3, 0.4) is 0 Å². The third-order valence-electron chi connectivity index (χ3n) is 3.57. The Morgan fingerprint density at radius 2 is 2.04 bits per heavy atom. The van der Waals surface area contributed by atoms with Gasteiger partial charge in [-0.1, -0.05) is 6.07 Å². The molecular weight excluding hydrogens is 298 g/mol. The van der Waals surface area contributed by atoms with Crippen molar-refractivity contribution >= 4 is 29.3 Å². The molecule has 0 spiro atoms. The van der Waals surface area contributed by atoms with Crippen LogP contribution in [0.1, 0.15) is 32.1 Å². The van der Waals surface area contributed by atoms with Gasteiger partial charge >= 0.3 is 12.0 Å². The van der Waals surface area contributed by atoms with Crippen molar-refractivity contribution in [2.75, 3.05) is 23.3 Å². The zero-order valence-electron chi connectivity index (χ0n) is 12.9. The normalized spacial score (nSPS) is 14.3. The largest absolute Gasteiger partial charge is 0.481 e. The van der Waals surface area contributed by atoms with Crippen LogP contribution >= 0.6 is 0 Å². The molecule has 0 saturated carbocycles. The Morgan fingerprint density at radius 1 is 1.26 bits per heavy atom. The second-order valence-electron chi connectivity index (χ2n) is 5.44. The molecule has 124 valence electrons. The van der Waals surface area contributed by atoms with E-state index in [1.54, 1.807) is 23.1 Å². The molecule has 0 radical (unpaired) electrons. The molecule has 0 aliphatic carbocycles. The molecule has 3 amide bonds. The molecule has 0 unspecified atom stereocenters. The van der Waals surface area contributed by atoms with Crippen LogP contribution < -0.4 is 15.5 Å². The summed E-state index contributed by atoms with van der Waals surface area (Å²) in [6.07, 6.45) is 2.25. The number of anilines is 2. The number of urea groups is 1. The van der Waals surface area contributed by atoms with Crippen molar-refractivity contribution in [2.45, 2.75) is 32.1 Å². The highest BCUT2D eigenvalue weighted by molar-refractivity contribution is 5.95. The number of amides is 3. The van der Waals surface area contributed by atoms with Gasteiger partial charge in [0.25, 0.3) is 0 Å². The molecule has 1 aliphatic rings. The van der Waals surface area contributed by atoms with Crippen molar-refractivity contribution < 1.29 is 19.5 Å². The Bertz CT molecular complexity index is 588. The van der Waals surface area contributed by atoms with E-state index in [9.17, 15) is 14.4 Å². The third-order valence-corrected chi connectivity index (χ3v) is 3.57. The highest BCUT2D eigenvalue weighted by Gasteiger charge is 2.19. The number of aliphatic carboxylic acids is 1. The summed E-state index contributed by atoms with van der Waals surface area (Å²) in [5.41, 5.74) is 1.37. The minimum atomic E-state index is -0.849. The number of rotatable bonds is 7. The van der Waals surface area contributed by atoms with Crippen molar-refractivity contribution in [3.63, 3.8) is 0 Å². The maximum atomic E-state index is 11.9. The van der Waals surface area contributed by atoms with E-state index in [4.69, 9.17) is 5.11 Å². The number of hydrogen-bond donors (Lipinski definition) is 3. The van der Waals surface area contributed by atoms with E-state index in [1.807, 2.05) is 6.07 Å². The van der Waals surface area contributed by atoms with Gasteiger partial charge in [-0.15, -0.1) is 0 Å². The number of carbonyl (C=O) groups excluding carboxylic acids is 2. The molecule has 1 fully saturated rings. The molecule has 1 heterocycles. The van der Waals surface area contributed by atoms with Gasteiger partial charge in [-0.2, -0.15) is 0 Å². The third kappa shape index (κ3) is 5.28. The summed E-state index contributed by atoms with van der Waals surface area (Å²) in [7, 11) is 0. The quantitative estimate of drug-likeness (QED) is 0.671. The Labute approximate surface area is 134 Å². The minimum absolute atomic E-state index is 0.0762. The second kappa shape index (κ2) is 8.17. The van der Waals surface area contributed by atoms with Gasteiger partial charge in [-0.3, -0.25) is 14.5 Å². The van der Waals surface area contributed by atoms with Crippen LogP contribution in [0.25, 0.3) is 0 Å². The van der Waals surface area contributed by atoms with E-state index in [0.29, 0.717) is 31.6 Å². The van der Waals surface area contributed by atoms with Crippen LogP contribution in [-0.2, 0) is 9.59 Å². The van der Waals surface area contributed by atoms with Gasteiger partial charge in [0.15, 0.2) is 0 Å². The number of nitrogens with zero attached hydrogens (tertiary/aromatic N) is 1. The van der Waals surface area contributed by atoms with Crippen molar-refractivity contribution in [1.82, 2.24) is 5.32 Å². The van der Waals surface area contributed by atoms with Crippen molar-refractivity contribution in [2.24, 2.45) is 0 Å². The van der Waals surface area contributed by atoms with E-state index in [0.717, 1.165) is 12.1 Å². The molecule has 0 atom stereocenters. The lowest BCUT2D eigenvalue weighted by Crippen LogP contribution is -2.46.